The van der Waals surface area contributed by atoms with Crippen molar-refractivity contribution in [2.75, 3.05) is 4.72 Å². The second kappa shape index (κ2) is 9.44. The summed E-state index contributed by atoms with van der Waals surface area (Å²) in [5.74, 6) is -0.569. The standard InChI is InChI=1S/C22H19ClN4O4S2/c1-13(21(28)14-6-3-2-4-7-14)24-22(29)16-11-10-15(23)12-18(16)27-33(30,31)19-9-5-8-17-20(19)26-32-25-17/h2-13,21,27-28H,1H3,(H,24,29). The van der Waals surface area contributed by atoms with Gasteiger partial charge in [-0.05, 0) is 42.8 Å². The monoisotopic (exact) mass is 502 g/mol. The summed E-state index contributed by atoms with van der Waals surface area (Å²) in [6.45, 7) is 1.66. The number of amides is 1. The summed E-state index contributed by atoms with van der Waals surface area (Å²) in [6.07, 6.45) is -0.947. The van der Waals surface area contributed by atoms with Crippen molar-refractivity contribution < 1.29 is 18.3 Å². The summed E-state index contributed by atoms with van der Waals surface area (Å²) in [6, 6.07) is 17.2. The van der Waals surface area contributed by atoms with Crippen molar-refractivity contribution in [1.82, 2.24) is 14.1 Å². The van der Waals surface area contributed by atoms with E-state index in [2.05, 4.69) is 18.8 Å². The maximum atomic E-state index is 13.1. The van der Waals surface area contributed by atoms with Crippen molar-refractivity contribution in [3.8, 4) is 0 Å². The van der Waals surface area contributed by atoms with Gasteiger partial charge < -0.3 is 10.4 Å². The number of hydrogen-bond donors (Lipinski definition) is 3. The Labute approximate surface area is 199 Å². The Kier molecular flexibility index (Phi) is 6.61. The highest BCUT2D eigenvalue weighted by atomic mass is 35.5. The lowest BCUT2D eigenvalue weighted by Gasteiger charge is -2.21. The third kappa shape index (κ3) is 4.98. The highest BCUT2D eigenvalue weighted by Gasteiger charge is 2.24. The van der Waals surface area contributed by atoms with Gasteiger partial charge in [0.15, 0.2) is 0 Å². The van der Waals surface area contributed by atoms with Gasteiger partial charge in [-0.15, -0.1) is 0 Å². The van der Waals surface area contributed by atoms with Crippen molar-refractivity contribution >= 4 is 56.0 Å². The van der Waals surface area contributed by atoms with Crippen LogP contribution in [0.1, 0.15) is 28.9 Å². The molecule has 0 aliphatic rings. The summed E-state index contributed by atoms with van der Waals surface area (Å²) in [5.41, 5.74) is 1.39. The van der Waals surface area contributed by atoms with Gasteiger partial charge in [-0.25, -0.2) is 8.42 Å². The molecule has 1 amide bonds. The second-order valence-corrected chi connectivity index (χ2v) is 9.92. The van der Waals surface area contributed by atoms with E-state index in [4.69, 9.17) is 11.6 Å². The van der Waals surface area contributed by atoms with Crippen molar-refractivity contribution in [2.24, 2.45) is 0 Å². The fourth-order valence-corrected chi connectivity index (χ4v) is 5.31. The smallest absolute Gasteiger partial charge is 0.264 e. The first-order chi connectivity index (χ1) is 15.8. The Bertz CT molecular complexity index is 1410. The van der Waals surface area contributed by atoms with Gasteiger partial charge in [0.2, 0.25) is 0 Å². The second-order valence-electron chi connectivity index (χ2n) is 7.30. The zero-order chi connectivity index (χ0) is 23.6. The number of sulfonamides is 1. The SMILES string of the molecule is CC(NC(=O)c1ccc(Cl)cc1NS(=O)(=O)c1cccc2nsnc12)C(O)c1ccccc1. The van der Waals surface area contributed by atoms with Crippen LogP contribution in [0, 0.1) is 0 Å². The largest absolute Gasteiger partial charge is 0.386 e. The minimum atomic E-state index is -4.10. The number of benzene rings is 3. The van der Waals surface area contributed by atoms with Crippen LogP contribution in [-0.4, -0.2) is 34.2 Å². The first-order valence-electron chi connectivity index (χ1n) is 9.84. The van der Waals surface area contributed by atoms with Crippen LogP contribution < -0.4 is 10.0 Å². The van der Waals surface area contributed by atoms with E-state index in [0.29, 0.717) is 11.1 Å². The highest BCUT2D eigenvalue weighted by Crippen LogP contribution is 2.27. The quantitative estimate of drug-likeness (QED) is 0.351. The molecule has 11 heteroatoms. The van der Waals surface area contributed by atoms with E-state index in [1.165, 1.54) is 24.3 Å². The minimum absolute atomic E-state index is 0.00147. The lowest BCUT2D eigenvalue weighted by atomic mass is 10.0. The molecule has 0 aliphatic carbocycles. The summed E-state index contributed by atoms with van der Waals surface area (Å²) in [7, 11) is -4.10. The number of fused-ring (bicyclic) bond motifs is 1. The molecule has 1 heterocycles. The fraction of sp³-hybridized carbons (Fsp3) is 0.136. The lowest BCUT2D eigenvalue weighted by Crippen LogP contribution is -2.37. The maximum Gasteiger partial charge on any atom is 0.264 e. The normalized spacial score (nSPS) is 13.4. The predicted octanol–water partition coefficient (Wildman–Crippen LogP) is 4.00. The maximum absolute atomic E-state index is 13.1. The van der Waals surface area contributed by atoms with E-state index in [-0.39, 0.29) is 26.7 Å². The molecule has 0 spiro atoms. The van der Waals surface area contributed by atoms with Crippen LogP contribution in [0.25, 0.3) is 11.0 Å². The van der Waals surface area contributed by atoms with Gasteiger partial charge in [-0.1, -0.05) is 48.0 Å². The average molecular weight is 503 g/mol. The molecule has 3 N–H and O–H groups in total. The Morgan fingerprint density at radius 1 is 1.06 bits per heavy atom. The molecule has 170 valence electrons. The van der Waals surface area contributed by atoms with Gasteiger partial charge in [0, 0.05) is 5.02 Å². The molecule has 4 rings (SSSR count). The molecule has 0 saturated carbocycles. The molecule has 0 aliphatic heterocycles. The summed E-state index contributed by atoms with van der Waals surface area (Å²) in [5, 5.41) is 13.5. The zero-order valence-electron chi connectivity index (χ0n) is 17.3. The highest BCUT2D eigenvalue weighted by molar-refractivity contribution is 7.93. The van der Waals surface area contributed by atoms with E-state index in [0.717, 1.165) is 11.7 Å². The molecule has 0 fully saturated rings. The van der Waals surface area contributed by atoms with Gasteiger partial charge in [-0.2, -0.15) is 8.75 Å². The molecule has 2 unspecified atom stereocenters. The van der Waals surface area contributed by atoms with E-state index < -0.39 is 28.1 Å². The summed E-state index contributed by atoms with van der Waals surface area (Å²) < 4.78 is 36.8. The Hall–Kier alpha value is -3.05. The number of anilines is 1. The third-order valence-electron chi connectivity index (χ3n) is 4.98. The van der Waals surface area contributed by atoms with E-state index >= 15 is 0 Å². The molecule has 8 nitrogen and oxygen atoms in total. The molecule has 0 radical (unpaired) electrons. The van der Waals surface area contributed by atoms with Gasteiger partial charge >= 0.3 is 0 Å². The number of halogens is 1. The van der Waals surface area contributed by atoms with Gasteiger partial charge in [0.05, 0.1) is 35.1 Å². The Morgan fingerprint density at radius 2 is 1.82 bits per heavy atom. The number of aliphatic hydroxyl groups excluding tert-OH is 1. The molecule has 3 aromatic carbocycles. The van der Waals surface area contributed by atoms with Crippen LogP contribution in [0.4, 0.5) is 5.69 Å². The molecule has 2 atom stereocenters. The number of nitrogens with one attached hydrogen (secondary N) is 2. The number of nitrogens with zero attached hydrogens (tertiary/aromatic N) is 2. The predicted molar refractivity (Wildman–Crippen MR) is 128 cm³/mol. The van der Waals surface area contributed by atoms with Crippen LogP contribution in [-0.2, 0) is 10.0 Å². The first-order valence-corrected chi connectivity index (χ1v) is 12.4. The molecule has 4 aromatic rings. The third-order valence-corrected chi connectivity index (χ3v) is 7.16. The number of carbonyl (C=O) groups excluding carboxylic acids is 1. The van der Waals surface area contributed by atoms with E-state index in [1.54, 1.807) is 43.3 Å². The van der Waals surface area contributed by atoms with Gasteiger partial charge in [-0.3, -0.25) is 9.52 Å². The van der Waals surface area contributed by atoms with Crippen LogP contribution in [0.5, 0.6) is 0 Å². The Morgan fingerprint density at radius 3 is 2.58 bits per heavy atom. The zero-order valence-corrected chi connectivity index (χ0v) is 19.7. The molecule has 0 saturated heterocycles. The summed E-state index contributed by atoms with van der Waals surface area (Å²) in [4.78, 5) is 12.9. The van der Waals surface area contributed by atoms with Crippen LogP contribution in [0.2, 0.25) is 5.02 Å². The lowest BCUT2D eigenvalue weighted by molar-refractivity contribution is 0.0853. The van der Waals surface area contributed by atoms with Crippen molar-refractivity contribution in [3.05, 3.63) is 82.9 Å². The summed E-state index contributed by atoms with van der Waals surface area (Å²) >= 11 is 6.99. The molecule has 0 bridgehead atoms. The van der Waals surface area contributed by atoms with Crippen LogP contribution >= 0.6 is 23.3 Å². The first kappa shape index (κ1) is 23.1. The number of aliphatic hydroxyl groups is 1. The Balaban J connectivity index is 1.61. The van der Waals surface area contributed by atoms with Crippen molar-refractivity contribution in [2.45, 2.75) is 24.0 Å². The minimum Gasteiger partial charge on any atom is -0.386 e. The molecule has 1 aromatic heterocycles. The number of aromatic nitrogens is 2. The van der Waals surface area contributed by atoms with Crippen molar-refractivity contribution in [1.29, 1.82) is 0 Å². The molecular weight excluding hydrogens is 484 g/mol. The molecular formula is C22H19ClN4O4S2. The van der Waals surface area contributed by atoms with Crippen LogP contribution in [0.15, 0.2) is 71.6 Å². The molecule has 33 heavy (non-hydrogen) atoms. The average Bonchev–Trinajstić information content (AvgIpc) is 3.27. The van der Waals surface area contributed by atoms with E-state index in [9.17, 15) is 18.3 Å². The number of rotatable bonds is 7. The van der Waals surface area contributed by atoms with Gasteiger partial charge in [0.25, 0.3) is 15.9 Å². The fourth-order valence-electron chi connectivity index (χ4n) is 3.30. The van der Waals surface area contributed by atoms with Gasteiger partial charge in [0.1, 0.15) is 15.9 Å². The van der Waals surface area contributed by atoms with Crippen molar-refractivity contribution in [3.63, 3.8) is 0 Å². The topological polar surface area (TPSA) is 121 Å². The number of hydrogen-bond acceptors (Lipinski definition) is 7. The van der Waals surface area contributed by atoms with Crippen LogP contribution in [0.3, 0.4) is 0 Å². The van der Waals surface area contributed by atoms with E-state index in [1.807, 2.05) is 6.07 Å². The number of carbonyl (C=O) groups is 1.